The molecule has 0 spiro atoms. The van der Waals surface area contributed by atoms with Gasteiger partial charge in [0.05, 0.1) is 4.90 Å². The Hall–Kier alpha value is -0.850. The van der Waals surface area contributed by atoms with Crippen molar-refractivity contribution in [2.75, 3.05) is 13.1 Å². The predicted molar refractivity (Wildman–Crippen MR) is 68.3 cm³/mol. The van der Waals surface area contributed by atoms with Gasteiger partial charge in [-0.2, -0.15) is 0 Å². The SMILES string of the molecule is CCCNCc1cc(S(=O)(=O)NCC)cn1C. The summed E-state index contributed by atoms with van der Waals surface area (Å²) in [5.74, 6) is 0. The van der Waals surface area contributed by atoms with Gasteiger partial charge in [-0.1, -0.05) is 13.8 Å². The van der Waals surface area contributed by atoms with E-state index in [1.165, 1.54) is 0 Å². The van der Waals surface area contributed by atoms with E-state index >= 15 is 0 Å². The molecule has 2 N–H and O–H groups in total. The molecule has 0 aliphatic rings. The van der Waals surface area contributed by atoms with Crippen LogP contribution in [0.4, 0.5) is 0 Å². The standard InChI is InChI=1S/C11H21N3O2S/c1-4-6-12-8-10-7-11(9-14(10)3)17(15,16)13-5-2/h7,9,12-13H,4-6,8H2,1-3H3. The van der Waals surface area contributed by atoms with Crippen LogP contribution < -0.4 is 10.0 Å². The van der Waals surface area contributed by atoms with Crippen LogP contribution in [0.15, 0.2) is 17.2 Å². The van der Waals surface area contributed by atoms with Gasteiger partial charge in [0.25, 0.3) is 0 Å². The molecular weight excluding hydrogens is 238 g/mol. The van der Waals surface area contributed by atoms with Crippen molar-refractivity contribution in [1.82, 2.24) is 14.6 Å². The number of nitrogens with one attached hydrogen (secondary N) is 2. The van der Waals surface area contributed by atoms with E-state index in [4.69, 9.17) is 0 Å². The summed E-state index contributed by atoms with van der Waals surface area (Å²) in [5, 5.41) is 3.25. The third kappa shape index (κ3) is 3.83. The van der Waals surface area contributed by atoms with Crippen LogP contribution in [0.25, 0.3) is 0 Å². The first kappa shape index (κ1) is 14.2. The Morgan fingerprint density at radius 2 is 2.06 bits per heavy atom. The van der Waals surface area contributed by atoms with E-state index in [9.17, 15) is 8.42 Å². The van der Waals surface area contributed by atoms with Gasteiger partial charge in [0.15, 0.2) is 0 Å². The molecule has 6 heteroatoms. The summed E-state index contributed by atoms with van der Waals surface area (Å²) in [6.45, 7) is 5.89. The molecule has 1 heterocycles. The molecule has 0 atom stereocenters. The monoisotopic (exact) mass is 259 g/mol. The van der Waals surface area contributed by atoms with Crippen LogP contribution in [-0.4, -0.2) is 26.1 Å². The van der Waals surface area contributed by atoms with E-state index in [1.54, 1.807) is 19.2 Å². The molecule has 0 amide bonds. The van der Waals surface area contributed by atoms with Crippen molar-refractivity contribution < 1.29 is 8.42 Å². The minimum Gasteiger partial charge on any atom is -0.352 e. The van der Waals surface area contributed by atoms with Crippen LogP contribution in [0.1, 0.15) is 26.0 Å². The third-order valence-corrected chi connectivity index (χ3v) is 3.97. The summed E-state index contributed by atoms with van der Waals surface area (Å²) in [5.41, 5.74) is 0.968. The van der Waals surface area contributed by atoms with Crippen molar-refractivity contribution in [2.24, 2.45) is 7.05 Å². The molecule has 98 valence electrons. The van der Waals surface area contributed by atoms with Gasteiger partial charge in [0.2, 0.25) is 10.0 Å². The third-order valence-electron chi connectivity index (χ3n) is 2.46. The number of sulfonamides is 1. The van der Waals surface area contributed by atoms with E-state index < -0.39 is 10.0 Å². The molecule has 0 aromatic carbocycles. The van der Waals surface area contributed by atoms with Crippen molar-refractivity contribution in [2.45, 2.75) is 31.7 Å². The zero-order chi connectivity index (χ0) is 12.9. The Labute approximate surface area is 103 Å². The summed E-state index contributed by atoms with van der Waals surface area (Å²) in [6, 6.07) is 1.71. The summed E-state index contributed by atoms with van der Waals surface area (Å²) in [7, 11) is -1.49. The first-order valence-corrected chi connectivity index (χ1v) is 7.35. The highest BCUT2D eigenvalue weighted by atomic mass is 32.2. The molecule has 1 rings (SSSR count). The van der Waals surface area contributed by atoms with E-state index in [0.29, 0.717) is 18.0 Å². The van der Waals surface area contributed by atoms with Gasteiger partial charge >= 0.3 is 0 Å². The highest BCUT2D eigenvalue weighted by Crippen LogP contribution is 2.13. The molecule has 0 radical (unpaired) electrons. The highest BCUT2D eigenvalue weighted by molar-refractivity contribution is 7.89. The van der Waals surface area contributed by atoms with Crippen LogP contribution in [0, 0.1) is 0 Å². The Morgan fingerprint density at radius 1 is 1.35 bits per heavy atom. The minimum atomic E-state index is -3.34. The fourth-order valence-electron chi connectivity index (χ4n) is 1.57. The van der Waals surface area contributed by atoms with E-state index in [0.717, 1.165) is 18.7 Å². The van der Waals surface area contributed by atoms with Gasteiger partial charge in [-0.3, -0.25) is 0 Å². The molecule has 0 bridgehead atoms. The summed E-state index contributed by atoms with van der Waals surface area (Å²) in [4.78, 5) is 0.329. The van der Waals surface area contributed by atoms with Crippen LogP contribution in [0.3, 0.4) is 0 Å². The van der Waals surface area contributed by atoms with Crippen molar-refractivity contribution in [1.29, 1.82) is 0 Å². The Morgan fingerprint density at radius 3 is 2.65 bits per heavy atom. The van der Waals surface area contributed by atoms with Gasteiger partial charge in [-0.05, 0) is 19.0 Å². The molecule has 0 aliphatic heterocycles. The lowest BCUT2D eigenvalue weighted by atomic mass is 10.4. The summed E-state index contributed by atoms with van der Waals surface area (Å²) >= 11 is 0. The number of aryl methyl sites for hydroxylation is 1. The molecule has 1 aromatic rings. The molecule has 17 heavy (non-hydrogen) atoms. The van der Waals surface area contributed by atoms with Crippen molar-refractivity contribution in [3.05, 3.63) is 18.0 Å². The van der Waals surface area contributed by atoms with Gasteiger partial charge in [0.1, 0.15) is 0 Å². The maximum absolute atomic E-state index is 11.8. The van der Waals surface area contributed by atoms with Crippen molar-refractivity contribution >= 4 is 10.0 Å². The van der Waals surface area contributed by atoms with Crippen LogP contribution in [-0.2, 0) is 23.6 Å². The zero-order valence-electron chi connectivity index (χ0n) is 10.7. The highest BCUT2D eigenvalue weighted by Gasteiger charge is 2.15. The Balaban J connectivity index is 2.81. The summed E-state index contributed by atoms with van der Waals surface area (Å²) < 4.78 is 27.9. The zero-order valence-corrected chi connectivity index (χ0v) is 11.5. The second kappa shape index (κ2) is 6.18. The second-order valence-electron chi connectivity index (χ2n) is 3.96. The lowest BCUT2D eigenvalue weighted by Gasteiger charge is -2.03. The molecule has 0 saturated carbocycles. The molecule has 0 unspecified atom stereocenters. The second-order valence-corrected chi connectivity index (χ2v) is 5.72. The predicted octanol–water partition coefficient (Wildman–Crippen LogP) is 0.823. The number of nitrogens with zero attached hydrogens (tertiary/aromatic N) is 1. The van der Waals surface area contributed by atoms with Crippen molar-refractivity contribution in [3.8, 4) is 0 Å². The lowest BCUT2D eigenvalue weighted by Crippen LogP contribution is -2.22. The van der Waals surface area contributed by atoms with Crippen LogP contribution >= 0.6 is 0 Å². The fraction of sp³-hybridized carbons (Fsp3) is 0.636. The minimum absolute atomic E-state index is 0.329. The smallest absolute Gasteiger partial charge is 0.242 e. The fourth-order valence-corrected chi connectivity index (χ4v) is 2.70. The lowest BCUT2D eigenvalue weighted by molar-refractivity contribution is 0.584. The molecule has 0 aliphatic carbocycles. The number of hydrogen-bond acceptors (Lipinski definition) is 3. The Bertz CT molecular complexity index is 451. The largest absolute Gasteiger partial charge is 0.352 e. The summed E-state index contributed by atoms with van der Waals surface area (Å²) in [6.07, 6.45) is 2.70. The van der Waals surface area contributed by atoms with E-state index in [-0.39, 0.29) is 0 Å². The molecule has 1 aromatic heterocycles. The van der Waals surface area contributed by atoms with E-state index in [2.05, 4.69) is 17.0 Å². The van der Waals surface area contributed by atoms with E-state index in [1.807, 2.05) is 11.6 Å². The number of rotatable bonds is 7. The van der Waals surface area contributed by atoms with Crippen LogP contribution in [0.2, 0.25) is 0 Å². The van der Waals surface area contributed by atoms with Crippen molar-refractivity contribution in [3.63, 3.8) is 0 Å². The number of hydrogen-bond donors (Lipinski definition) is 2. The average Bonchev–Trinajstić information content (AvgIpc) is 2.62. The number of aromatic nitrogens is 1. The molecule has 0 fully saturated rings. The normalized spacial score (nSPS) is 11.9. The molecular formula is C11H21N3O2S. The first-order valence-electron chi connectivity index (χ1n) is 5.87. The topological polar surface area (TPSA) is 63.1 Å². The van der Waals surface area contributed by atoms with Gasteiger partial charge in [-0.15, -0.1) is 0 Å². The quantitative estimate of drug-likeness (QED) is 0.713. The first-order chi connectivity index (χ1) is 8.01. The molecule has 0 saturated heterocycles. The van der Waals surface area contributed by atoms with Crippen LogP contribution in [0.5, 0.6) is 0 Å². The molecule has 5 nitrogen and oxygen atoms in total. The van der Waals surface area contributed by atoms with Gasteiger partial charge in [-0.25, -0.2) is 13.1 Å². The maximum atomic E-state index is 11.8. The Kier molecular flexibility index (Phi) is 5.17. The maximum Gasteiger partial charge on any atom is 0.242 e. The van der Waals surface area contributed by atoms with Gasteiger partial charge in [0, 0.05) is 32.0 Å². The van der Waals surface area contributed by atoms with Gasteiger partial charge < -0.3 is 9.88 Å². The average molecular weight is 259 g/mol.